The molecule has 0 saturated carbocycles. The van der Waals surface area contributed by atoms with Crippen LogP contribution in [0.2, 0.25) is 0 Å². The van der Waals surface area contributed by atoms with Crippen molar-refractivity contribution < 1.29 is 18.7 Å². The fourth-order valence-electron chi connectivity index (χ4n) is 6.69. The highest BCUT2D eigenvalue weighted by atomic mass is 19.1. The van der Waals surface area contributed by atoms with Crippen LogP contribution < -0.4 is 4.90 Å². The van der Waals surface area contributed by atoms with E-state index in [9.17, 15) is 14.4 Å². The second kappa shape index (κ2) is 12.0. The zero-order valence-corrected chi connectivity index (χ0v) is 24.8. The van der Waals surface area contributed by atoms with E-state index in [1.54, 1.807) is 6.07 Å². The third-order valence-electron chi connectivity index (χ3n) is 9.29. The highest BCUT2D eigenvalue weighted by molar-refractivity contribution is 5.93. The largest absolute Gasteiger partial charge is 0.465 e. The maximum Gasteiger partial charge on any atom is 0.337 e. The summed E-state index contributed by atoms with van der Waals surface area (Å²) < 4.78 is 27.7. The number of pyridine rings is 1. The summed E-state index contributed by atoms with van der Waals surface area (Å²) in [7, 11) is 1.39. The van der Waals surface area contributed by atoms with Crippen LogP contribution in [0.3, 0.4) is 0 Å². The van der Waals surface area contributed by atoms with Gasteiger partial charge in [0.05, 0.1) is 54.5 Å². The molecule has 2 aromatic heterocycles. The molecule has 2 fully saturated rings. The summed E-state index contributed by atoms with van der Waals surface area (Å²) in [5.74, 6) is 1.44. The molecule has 1 aliphatic carbocycles. The Morgan fingerprint density at radius 2 is 1.95 bits per heavy atom. The van der Waals surface area contributed by atoms with Crippen molar-refractivity contribution in [1.82, 2.24) is 19.4 Å². The minimum atomic E-state index is -0.357. The molecule has 0 radical (unpaired) electrons. The first-order chi connectivity index (χ1) is 21.5. The van der Waals surface area contributed by atoms with E-state index in [2.05, 4.69) is 38.6 Å². The van der Waals surface area contributed by atoms with E-state index >= 15 is 0 Å². The van der Waals surface area contributed by atoms with Gasteiger partial charge in [0.1, 0.15) is 17.5 Å². The monoisotopic (exact) mass is 594 g/mol. The predicted molar refractivity (Wildman–Crippen MR) is 163 cm³/mol. The van der Waals surface area contributed by atoms with Crippen molar-refractivity contribution in [3.05, 3.63) is 88.1 Å². The zero-order valence-electron chi connectivity index (χ0n) is 24.8. The first-order valence-corrected chi connectivity index (χ1v) is 15.3. The number of nitriles is 1. The van der Waals surface area contributed by atoms with Gasteiger partial charge in [0.15, 0.2) is 0 Å². The maximum absolute atomic E-state index is 14.8. The number of aryl methyl sites for hydroxylation is 1. The maximum atomic E-state index is 14.8. The van der Waals surface area contributed by atoms with Crippen LogP contribution in [0.25, 0.3) is 11.0 Å². The molecule has 7 rings (SSSR count). The van der Waals surface area contributed by atoms with Gasteiger partial charge in [0, 0.05) is 44.4 Å². The Morgan fingerprint density at radius 3 is 2.70 bits per heavy atom. The summed E-state index contributed by atoms with van der Waals surface area (Å²) >= 11 is 0. The van der Waals surface area contributed by atoms with Crippen molar-refractivity contribution in [1.29, 1.82) is 5.26 Å². The standard InChI is InChI=1S/C34H35FN6O3/c1-43-34(42)25-7-8-30-31(18-25)41(20-26-9-14-44-26)33(38-30)21-39-10-12-40(13-11-39)32-4-2-3-29(37-32)24-6-5-23-15-22(19-36)16-28(35)27(23)17-24/h2-4,7-8,15-16,18,24,26H,5-6,9-14,17,20-21H2,1H3/t24?,26-/m0/s1. The van der Waals surface area contributed by atoms with Crippen LogP contribution in [0, 0.1) is 17.1 Å². The molecule has 0 N–H and O–H groups in total. The van der Waals surface area contributed by atoms with E-state index in [1.165, 1.54) is 13.2 Å². The van der Waals surface area contributed by atoms with Crippen LogP contribution in [0.1, 0.15) is 57.3 Å². The van der Waals surface area contributed by atoms with Gasteiger partial charge in [-0.3, -0.25) is 4.90 Å². The molecule has 4 heterocycles. The Morgan fingerprint density at radius 1 is 1.11 bits per heavy atom. The minimum Gasteiger partial charge on any atom is -0.465 e. The van der Waals surface area contributed by atoms with Crippen LogP contribution in [0.4, 0.5) is 10.2 Å². The molecule has 2 atom stereocenters. The van der Waals surface area contributed by atoms with E-state index in [4.69, 9.17) is 19.4 Å². The van der Waals surface area contributed by atoms with E-state index < -0.39 is 0 Å². The fraction of sp³-hybridized carbons (Fsp3) is 0.412. The third-order valence-corrected chi connectivity index (χ3v) is 9.29. The van der Waals surface area contributed by atoms with Crippen LogP contribution in [-0.2, 0) is 35.4 Å². The van der Waals surface area contributed by atoms with E-state index in [-0.39, 0.29) is 23.8 Å². The van der Waals surface area contributed by atoms with Crippen molar-refractivity contribution in [3.8, 4) is 6.07 Å². The van der Waals surface area contributed by atoms with Gasteiger partial charge >= 0.3 is 5.97 Å². The lowest BCUT2D eigenvalue weighted by Crippen LogP contribution is -2.46. The van der Waals surface area contributed by atoms with Gasteiger partial charge in [-0.15, -0.1) is 0 Å². The summed E-state index contributed by atoms with van der Waals surface area (Å²) in [6.07, 6.45) is 3.42. The Kier molecular flexibility index (Phi) is 7.75. The molecular formula is C34H35FN6O3. The molecule has 9 nitrogen and oxygen atoms in total. The number of nitrogens with zero attached hydrogens (tertiary/aromatic N) is 6. The molecule has 2 aliphatic heterocycles. The Balaban J connectivity index is 1.03. The summed E-state index contributed by atoms with van der Waals surface area (Å²) in [5.41, 5.74) is 5.35. The quantitative estimate of drug-likeness (QED) is 0.286. The van der Waals surface area contributed by atoms with Crippen molar-refractivity contribution in [2.75, 3.05) is 44.8 Å². The van der Waals surface area contributed by atoms with Gasteiger partial charge in [0.25, 0.3) is 0 Å². The SMILES string of the molecule is COC(=O)c1ccc2nc(CN3CCN(c4cccc(C5CCc6cc(C#N)cc(F)c6C5)n4)CC3)n(C[C@@H]3CCO3)c2c1. The average molecular weight is 595 g/mol. The Hall–Kier alpha value is -4.33. The lowest BCUT2D eigenvalue weighted by Gasteiger charge is -2.36. The van der Waals surface area contributed by atoms with Gasteiger partial charge in [-0.25, -0.2) is 19.2 Å². The molecular weight excluding hydrogens is 559 g/mol. The second-order valence-corrected chi connectivity index (χ2v) is 11.9. The number of ether oxygens (including phenoxy) is 2. The summed E-state index contributed by atoms with van der Waals surface area (Å²) in [5, 5.41) is 9.20. The molecule has 4 aromatic rings. The van der Waals surface area contributed by atoms with Gasteiger partial charge in [0.2, 0.25) is 0 Å². The first-order valence-electron chi connectivity index (χ1n) is 15.3. The topological polar surface area (TPSA) is 96.5 Å². The number of esters is 1. The highest BCUT2D eigenvalue weighted by Gasteiger charge is 2.27. The molecule has 0 spiro atoms. The van der Waals surface area contributed by atoms with E-state index in [0.29, 0.717) is 30.6 Å². The van der Waals surface area contributed by atoms with Crippen LogP contribution in [0.15, 0.2) is 48.5 Å². The molecule has 2 aromatic carbocycles. The molecule has 1 unspecified atom stereocenters. The fourth-order valence-corrected chi connectivity index (χ4v) is 6.69. The van der Waals surface area contributed by atoms with Crippen LogP contribution in [-0.4, -0.2) is 71.4 Å². The number of benzene rings is 2. The summed E-state index contributed by atoms with van der Waals surface area (Å²) in [6.45, 7) is 5.61. The number of anilines is 1. The summed E-state index contributed by atoms with van der Waals surface area (Å²) in [4.78, 5) is 27.0. The molecule has 3 aliphatic rings. The van der Waals surface area contributed by atoms with Crippen LogP contribution >= 0.6 is 0 Å². The number of fused-ring (bicyclic) bond motifs is 2. The smallest absolute Gasteiger partial charge is 0.337 e. The van der Waals surface area contributed by atoms with Gasteiger partial charge in [-0.1, -0.05) is 6.07 Å². The lowest BCUT2D eigenvalue weighted by molar-refractivity contribution is -0.0592. The minimum absolute atomic E-state index is 0.151. The second-order valence-electron chi connectivity index (χ2n) is 11.9. The molecule has 226 valence electrons. The van der Waals surface area contributed by atoms with Gasteiger partial charge in [-0.2, -0.15) is 5.26 Å². The van der Waals surface area contributed by atoms with Crippen molar-refractivity contribution in [2.24, 2.45) is 0 Å². The van der Waals surface area contributed by atoms with Crippen LogP contribution in [0.5, 0.6) is 0 Å². The predicted octanol–water partition coefficient (Wildman–Crippen LogP) is 4.61. The first kappa shape index (κ1) is 28.4. The van der Waals surface area contributed by atoms with E-state index in [1.807, 2.05) is 18.2 Å². The average Bonchev–Trinajstić information content (AvgIpc) is 3.38. The third kappa shape index (κ3) is 5.53. The van der Waals surface area contributed by atoms with Crippen molar-refractivity contribution >= 4 is 22.8 Å². The number of hydrogen-bond donors (Lipinski definition) is 0. The normalized spacial score (nSPS) is 20.2. The lowest BCUT2D eigenvalue weighted by atomic mass is 9.81. The molecule has 44 heavy (non-hydrogen) atoms. The number of carbonyl (C=O) groups is 1. The van der Waals surface area contributed by atoms with Gasteiger partial charge < -0.3 is 18.9 Å². The molecule has 10 heteroatoms. The van der Waals surface area contributed by atoms with E-state index in [0.717, 1.165) is 91.5 Å². The number of carbonyl (C=O) groups excluding carboxylic acids is 1. The molecule has 2 saturated heterocycles. The number of hydrogen-bond acceptors (Lipinski definition) is 8. The molecule has 0 bridgehead atoms. The number of imidazole rings is 1. The van der Waals surface area contributed by atoms with Crippen molar-refractivity contribution in [2.45, 2.75) is 50.8 Å². The number of methoxy groups -OCH3 is 1. The zero-order chi connectivity index (χ0) is 30.2. The number of rotatable bonds is 7. The summed E-state index contributed by atoms with van der Waals surface area (Å²) in [6, 6.07) is 16.9. The van der Waals surface area contributed by atoms with Gasteiger partial charge in [-0.05, 0) is 79.3 Å². The van der Waals surface area contributed by atoms with Crippen molar-refractivity contribution in [3.63, 3.8) is 0 Å². The number of piperazine rings is 1. The highest BCUT2D eigenvalue weighted by Crippen LogP contribution is 2.34. The molecule has 0 amide bonds. The number of halogens is 1. The number of aromatic nitrogens is 3. The Bertz CT molecular complexity index is 1750. The Labute approximate surface area is 255 Å².